The van der Waals surface area contributed by atoms with Crippen LogP contribution in [-0.2, 0) is 9.53 Å². The van der Waals surface area contributed by atoms with Gasteiger partial charge in [-0.3, -0.25) is 9.69 Å². The van der Waals surface area contributed by atoms with Crippen LogP contribution in [0.3, 0.4) is 0 Å². The van der Waals surface area contributed by atoms with Gasteiger partial charge in [-0.2, -0.15) is 0 Å². The Morgan fingerprint density at radius 1 is 1.38 bits per heavy atom. The molecule has 0 aromatic rings. The molecule has 0 aliphatic heterocycles. The first-order chi connectivity index (χ1) is 6.20. The molecule has 0 saturated heterocycles. The highest BCUT2D eigenvalue weighted by atomic mass is 16.5. The molecule has 0 aliphatic carbocycles. The highest BCUT2D eigenvalue weighted by molar-refractivity contribution is 5.71. The van der Waals surface area contributed by atoms with Gasteiger partial charge in [-0.15, -0.1) is 0 Å². The molecule has 1 N–H and O–H groups in total. The van der Waals surface area contributed by atoms with E-state index < -0.39 is 0 Å². The smallest absolute Gasteiger partial charge is 0.319 e. The number of hydrogen-bond donors (Lipinski definition) is 1. The predicted molar refractivity (Wildman–Crippen MR) is 50.4 cm³/mol. The fraction of sp³-hybridized carbons (Fsp3) is 0.889. The third-order valence-corrected chi connectivity index (χ3v) is 1.82. The number of likely N-dealkylation sites (N-methyl/N-ethyl adjacent to an activating group) is 1. The van der Waals surface area contributed by atoms with Gasteiger partial charge < -0.3 is 9.84 Å². The molecule has 13 heavy (non-hydrogen) atoms. The van der Waals surface area contributed by atoms with Crippen LogP contribution >= 0.6 is 0 Å². The minimum atomic E-state index is -0.204. The lowest BCUT2D eigenvalue weighted by atomic mass is 10.2. The molecule has 0 rings (SSSR count). The minimum absolute atomic E-state index is 0.204. The third kappa shape index (κ3) is 7.74. The Morgan fingerprint density at radius 2 is 2.08 bits per heavy atom. The van der Waals surface area contributed by atoms with Crippen LogP contribution in [0.1, 0.15) is 19.3 Å². The van der Waals surface area contributed by atoms with Crippen molar-refractivity contribution in [2.45, 2.75) is 19.3 Å². The van der Waals surface area contributed by atoms with E-state index in [1.54, 1.807) is 0 Å². The summed E-state index contributed by atoms with van der Waals surface area (Å²) in [4.78, 5) is 12.7. The molecule has 0 bridgehead atoms. The predicted octanol–water partition coefficient (Wildman–Crippen LogP) is 0.254. The first-order valence-corrected chi connectivity index (χ1v) is 4.57. The molecule has 0 atom stereocenters. The number of unbranched alkanes of at least 4 members (excludes halogenated alkanes) is 2. The van der Waals surface area contributed by atoms with Crippen molar-refractivity contribution >= 4 is 5.97 Å². The summed E-state index contributed by atoms with van der Waals surface area (Å²) in [6.45, 7) is 1.46. The van der Waals surface area contributed by atoms with Gasteiger partial charge in [0.25, 0.3) is 0 Å². The van der Waals surface area contributed by atoms with Crippen molar-refractivity contribution in [3.63, 3.8) is 0 Å². The fourth-order valence-electron chi connectivity index (χ4n) is 1.03. The van der Waals surface area contributed by atoms with Crippen molar-refractivity contribution in [1.29, 1.82) is 0 Å². The second-order valence-corrected chi connectivity index (χ2v) is 3.10. The molecule has 0 amide bonds. The normalized spacial score (nSPS) is 10.5. The number of aliphatic hydroxyl groups excluding tert-OH is 1. The fourth-order valence-corrected chi connectivity index (χ4v) is 1.03. The van der Waals surface area contributed by atoms with E-state index in [1.807, 2.05) is 11.9 Å². The van der Waals surface area contributed by atoms with Crippen LogP contribution in [0.5, 0.6) is 0 Å². The summed E-state index contributed by atoms with van der Waals surface area (Å²) in [6.07, 6.45) is 2.85. The van der Waals surface area contributed by atoms with Crippen LogP contribution in [0.25, 0.3) is 0 Å². The Bertz CT molecular complexity index is 139. The summed E-state index contributed by atoms with van der Waals surface area (Å²) in [5.41, 5.74) is 0. The van der Waals surface area contributed by atoms with Gasteiger partial charge >= 0.3 is 5.97 Å². The Kier molecular flexibility index (Phi) is 7.63. The lowest BCUT2D eigenvalue weighted by Gasteiger charge is -2.14. The van der Waals surface area contributed by atoms with Crippen molar-refractivity contribution in [2.24, 2.45) is 0 Å². The molecule has 78 valence electrons. The van der Waals surface area contributed by atoms with E-state index in [-0.39, 0.29) is 12.6 Å². The summed E-state index contributed by atoms with van der Waals surface area (Å²) in [7, 11) is 3.28. The molecule has 0 spiro atoms. The first kappa shape index (κ1) is 12.4. The van der Waals surface area contributed by atoms with Crippen LogP contribution in [0, 0.1) is 0 Å². The zero-order valence-corrected chi connectivity index (χ0v) is 8.45. The number of methoxy groups -OCH3 is 1. The topological polar surface area (TPSA) is 49.8 Å². The summed E-state index contributed by atoms with van der Waals surface area (Å²) < 4.78 is 4.53. The van der Waals surface area contributed by atoms with E-state index in [0.717, 1.165) is 25.8 Å². The molecule has 0 fully saturated rings. The summed E-state index contributed by atoms with van der Waals surface area (Å²) >= 11 is 0. The summed E-state index contributed by atoms with van der Waals surface area (Å²) in [5, 5.41) is 8.53. The van der Waals surface area contributed by atoms with Gasteiger partial charge in [-0.1, -0.05) is 0 Å². The molecule has 4 heteroatoms. The molecule has 0 saturated carbocycles. The minimum Gasteiger partial charge on any atom is -0.468 e. The molecular formula is C9H19NO3. The van der Waals surface area contributed by atoms with Crippen molar-refractivity contribution in [1.82, 2.24) is 4.90 Å². The molecule has 0 aromatic carbocycles. The molecule has 0 aromatic heterocycles. The average Bonchev–Trinajstić information content (AvgIpc) is 2.12. The average molecular weight is 189 g/mol. The number of carbonyl (C=O) groups is 1. The number of esters is 1. The molecule has 0 aliphatic rings. The first-order valence-electron chi connectivity index (χ1n) is 4.57. The van der Waals surface area contributed by atoms with Gasteiger partial charge in [0.05, 0.1) is 13.7 Å². The Hall–Kier alpha value is -0.610. The Morgan fingerprint density at radius 3 is 2.62 bits per heavy atom. The molecule has 0 heterocycles. The van der Waals surface area contributed by atoms with Gasteiger partial charge in [0.1, 0.15) is 0 Å². The molecule has 4 nitrogen and oxygen atoms in total. The van der Waals surface area contributed by atoms with Gasteiger partial charge in [0.15, 0.2) is 0 Å². The number of aliphatic hydroxyl groups is 1. The van der Waals surface area contributed by atoms with Crippen LogP contribution in [0.4, 0.5) is 0 Å². The zero-order valence-electron chi connectivity index (χ0n) is 8.45. The number of hydrogen-bond acceptors (Lipinski definition) is 4. The van der Waals surface area contributed by atoms with Crippen molar-refractivity contribution in [3.05, 3.63) is 0 Å². The van der Waals surface area contributed by atoms with E-state index in [0.29, 0.717) is 6.54 Å². The van der Waals surface area contributed by atoms with E-state index in [4.69, 9.17) is 5.11 Å². The zero-order chi connectivity index (χ0) is 10.1. The van der Waals surface area contributed by atoms with Crippen molar-refractivity contribution in [3.8, 4) is 0 Å². The van der Waals surface area contributed by atoms with Gasteiger partial charge in [0, 0.05) is 6.61 Å². The Balaban J connectivity index is 3.29. The number of ether oxygens (including phenoxy) is 1. The monoisotopic (exact) mass is 189 g/mol. The van der Waals surface area contributed by atoms with Crippen LogP contribution in [0.15, 0.2) is 0 Å². The number of nitrogens with zero attached hydrogens (tertiary/aromatic N) is 1. The highest BCUT2D eigenvalue weighted by Gasteiger charge is 2.04. The standard InChI is InChI=1S/C9H19NO3/c1-10(8-9(12)13-2)6-4-3-5-7-11/h11H,3-8H2,1-2H3. The summed E-state index contributed by atoms with van der Waals surface area (Å²) in [6, 6.07) is 0. The lowest BCUT2D eigenvalue weighted by Crippen LogP contribution is -2.27. The van der Waals surface area contributed by atoms with Gasteiger partial charge in [0.2, 0.25) is 0 Å². The van der Waals surface area contributed by atoms with E-state index in [9.17, 15) is 4.79 Å². The van der Waals surface area contributed by atoms with Gasteiger partial charge in [-0.25, -0.2) is 0 Å². The second kappa shape index (κ2) is 8.01. The molecular weight excluding hydrogens is 170 g/mol. The second-order valence-electron chi connectivity index (χ2n) is 3.10. The lowest BCUT2D eigenvalue weighted by molar-refractivity contribution is -0.141. The van der Waals surface area contributed by atoms with E-state index in [1.165, 1.54) is 7.11 Å². The van der Waals surface area contributed by atoms with E-state index >= 15 is 0 Å². The van der Waals surface area contributed by atoms with Crippen LogP contribution < -0.4 is 0 Å². The number of carbonyl (C=O) groups excluding carboxylic acids is 1. The van der Waals surface area contributed by atoms with Crippen LogP contribution in [0.2, 0.25) is 0 Å². The SMILES string of the molecule is COC(=O)CN(C)CCCCCO. The highest BCUT2D eigenvalue weighted by Crippen LogP contribution is 1.96. The largest absolute Gasteiger partial charge is 0.468 e. The Labute approximate surface area is 79.5 Å². The maximum Gasteiger partial charge on any atom is 0.319 e. The summed E-state index contributed by atoms with van der Waals surface area (Å²) in [5.74, 6) is -0.204. The number of rotatable bonds is 7. The van der Waals surface area contributed by atoms with Crippen molar-refractivity contribution in [2.75, 3.05) is 33.9 Å². The van der Waals surface area contributed by atoms with E-state index in [2.05, 4.69) is 4.74 Å². The molecule has 0 radical (unpaired) electrons. The third-order valence-electron chi connectivity index (χ3n) is 1.82. The molecule has 0 unspecified atom stereocenters. The van der Waals surface area contributed by atoms with Crippen LogP contribution in [-0.4, -0.2) is 49.8 Å². The van der Waals surface area contributed by atoms with Gasteiger partial charge in [-0.05, 0) is 32.9 Å². The van der Waals surface area contributed by atoms with Crippen molar-refractivity contribution < 1.29 is 14.6 Å². The maximum atomic E-state index is 10.8. The maximum absolute atomic E-state index is 10.8. The quantitative estimate of drug-likeness (QED) is 0.461.